The number of hydrogen-bond acceptors (Lipinski definition) is 5. The third-order valence-electron chi connectivity index (χ3n) is 4.98. The smallest absolute Gasteiger partial charge is 0.263 e. The topological polar surface area (TPSA) is 66.6 Å². The Hall–Kier alpha value is -1.99. The molecule has 1 aromatic carbocycles. The van der Waals surface area contributed by atoms with Crippen molar-refractivity contribution in [2.75, 3.05) is 30.3 Å². The van der Waals surface area contributed by atoms with Crippen LogP contribution in [0.5, 0.6) is 0 Å². The molecule has 4 rings (SSSR count). The number of para-hydroxylation sites is 1. The Kier molecular flexibility index (Phi) is 4.91. The molecular formula is C19H21N3O2S2. The van der Waals surface area contributed by atoms with Crippen LogP contribution >= 0.6 is 23.1 Å². The number of rotatable bonds is 3. The van der Waals surface area contributed by atoms with Crippen LogP contribution in [0.4, 0.5) is 10.7 Å². The van der Waals surface area contributed by atoms with Gasteiger partial charge < -0.3 is 15.5 Å². The summed E-state index contributed by atoms with van der Waals surface area (Å²) in [4.78, 5) is 30.3. The Morgan fingerprint density at radius 1 is 1.04 bits per heavy atom. The minimum Gasteiger partial charge on any atom is -0.369 e. The SMILES string of the molecule is NC(=O)C1CCN(C(=O)c2ccc(N3CCSc4ccccc43)s2)CC1. The van der Waals surface area contributed by atoms with Crippen LogP contribution in [0.2, 0.25) is 0 Å². The van der Waals surface area contributed by atoms with Crippen molar-refractivity contribution in [2.24, 2.45) is 11.7 Å². The van der Waals surface area contributed by atoms with Gasteiger partial charge in [-0.15, -0.1) is 23.1 Å². The van der Waals surface area contributed by atoms with Gasteiger partial charge in [-0.05, 0) is 37.1 Å². The summed E-state index contributed by atoms with van der Waals surface area (Å²) in [6.07, 6.45) is 1.33. The first kappa shape index (κ1) is 17.4. The molecule has 1 saturated heterocycles. The van der Waals surface area contributed by atoms with Crippen molar-refractivity contribution < 1.29 is 9.59 Å². The van der Waals surface area contributed by atoms with E-state index in [1.54, 1.807) is 11.3 Å². The summed E-state index contributed by atoms with van der Waals surface area (Å²) < 4.78 is 0. The molecular weight excluding hydrogens is 366 g/mol. The number of piperidine rings is 1. The molecule has 0 spiro atoms. The maximum absolute atomic E-state index is 12.8. The second-order valence-corrected chi connectivity index (χ2v) is 8.77. The fourth-order valence-electron chi connectivity index (χ4n) is 3.51. The Balaban J connectivity index is 1.49. The standard InChI is InChI=1S/C19H21N3O2S2/c20-18(23)13-7-9-21(10-8-13)19(24)16-5-6-17(26-16)22-11-12-25-15-4-2-1-3-14(15)22/h1-6,13H,7-12H2,(H2,20,23). The lowest BCUT2D eigenvalue weighted by atomic mass is 9.96. The third-order valence-corrected chi connectivity index (χ3v) is 7.12. The van der Waals surface area contributed by atoms with Gasteiger partial charge in [-0.1, -0.05) is 12.1 Å². The minimum atomic E-state index is -0.253. The minimum absolute atomic E-state index is 0.0591. The van der Waals surface area contributed by atoms with Gasteiger partial charge >= 0.3 is 0 Å². The molecule has 0 atom stereocenters. The maximum Gasteiger partial charge on any atom is 0.263 e. The molecule has 2 aliphatic rings. The van der Waals surface area contributed by atoms with E-state index in [-0.39, 0.29) is 17.7 Å². The van der Waals surface area contributed by atoms with Gasteiger partial charge in [0.25, 0.3) is 5.91 Å². The van der Waals surface area contributed by atoms with Crippen molar-refractivity contribution in [1.82, 2.24) is 4.90 Å². The Bertz CT molecular complexity index is 828. The molecule has 2 aromatic rings. The van der Waals surface area contributed by atoms with E-state index in [9.17, 15) is 9.59 Å². The summed E-state index contributed by atoms with van der Waals surface area (Å²) in [7, 11) is 0. The highest BCUT2D eigenvalue weighted by Crippen LogP contribution is 2.41. The van der Waals surface area contributed by atoms with Crippen LogP contribution in [-0.2, 0) is 4.79 Å². The average molecular weight is 388 g/mol. The molecule has 0 aliphatic carbocycles. The third kappa shape index (κ3) is 3.33. The number of benzene rings is 1. The number of thioether (sulfide) groups is 1. The van der Waals surface area contributed by atoms with Crippen LogP contribution in [0, 0.1) is 5.92 Å². The van der Waals surface area contributed by atoms with Gasteiger partial charge in [0.2, 0.25) is 5.91 Å². The van der Waals surface area contributed by atoms with E-state index >= 15 is 0 Å². The lowest BCUT2D eigenvalue weighted by Crippen LogP contribution is -2.41. The molecule has 2 aliphatic heterocycles. The normalized spacial score (nSPS) is 17.8. The number of thiophene rings is 1. The molecule has 136 valence electrons. The molecule has 5 nitrogen and oxygen atoms in total. The van der Waals surface area contributed by atoms with Crippen molar-refractivity contribution in [3.63, 3.8) is 0 Å². The van der Waals surface area contributed by atoms with Crippen molar-refractivity contribution in [3.05, 3.63) is 41.3 Å². The number of amides is 2. The van der Waals surface area contributed by atoms with Crippen molar-refractivity contribution >= 4 is 45.6 Å². The van der Waals surface area contributed by atoms with Gasteiger partial charge in [-0.3, -0.25) is 9.59 Å². The zero-order chi connectivity index (χ0) is 18.1. The highest BCUT2D eigenvalue weighted by atomic mass is 32.2. The highest BCUT2D eigenvalue weighted by molar-refractivity contribution is 7.99. The number of nitrogens with zero attached hydrogens (tertiary/aromatic N) is 2. The number of hydrogen-bond donors (Lipinski definition) is 1. The first-order valence-electron chi connectivity index (χ1n) is 8.81. The quantitative estimate of drug-likeness (QED) is 0.877. The molecule has 26 heavy (non-hydrogen) atoms. The van der Waals surface area contributed by atoms with Gasteiger partial charge in [0.15, 0.2) is 0 Å². The Morgan fingerprint density at radius 3 is 2.58 bits per heavy atom. The molecule has 7 heteroatoms. The van der Waals surface area contributed by atoms with E-state index in [0.29, 0.717) is 25.9 Å². The predicted molar refractivity (Wildman–Crippen MR) is 106 cm³/mol. The summed E-state index contributed by atoms with van der Waals surface area (Å²) in [5.74, 6) is 0.750. The van der Waals surface area contributed by atoms with Gasteiger partial charge in [0.05, 0.1) is 15.6 Å². The highest BCUT2D eigenvalue weighted by Gasteiger charge is 2.28. The fourth-order valence-corrected chi connectivity index (χ4v) is 5.52. The fraction of sp³-hybridized carbons (Fsp3) is 0.368. The number of fused-ring (bicyclic) bond motifs is 1. The number of anilines is 2. The van der Waals surface area contributed by atoms with E-state index < -0.39 is 0 Å². The molecule has 0 radical (unpaired) electrons. The monoisotopic (exact) mass is 387 g/mol. The largest absolute Gasteiger partial charge is 0.369 e. The molecule has 0 saturated carbocycles. The summed E-state index contributed by atoms with van der Waals surface area (Å²) in [5, 5.41) is 1.10. The molecule has 0 bridgehead atoms. The average Bonchev–Trinajstić information content (AvgIpc) is 3.17. The van der Waals surface area contributed by atoms with Crippen LogP contribution in [0.1, 0.15) is 22.5 Å². The van der Waals surface area contributed by atoms with Crippen LogP contribution in [-0.4, -0.2) is 42.1 Å². The van der Waals surface area contributed by atoms with E-state index in [1.165, 1.54) is 10.6 Å². The van der Waals surface area contributed by atoms with Crippen LogP contribution < -0.4 is 10.6 Å². The summed E-state index contributed by atoms with van der Waals surface area (Å²) >= 11 is 3.42. The Labute approximate surface area is 161 Å². The Morgan fingerprint density at radius 2 is 1.81 bits per heavy atom. The first-order chi connectivity index (χ1) is 12.6. The number of nitrogens with two attached hydrogens (primary N) is 1. The number of carbonyl (C=O) groups excluding carboxylic acids is 2. The second-order valence-electron chi connectivity index (χ2n) is 6.57. The second kappa shape index (κ2) is 7.32. The zero-order valence-electron chi connectivity index (χ0n) is 14.4. The van der Waals surface area contributed by atoms with E-state index in [4.69, 9.17) is 5.73 Å². The first-order valence-corrected chi connectivity index (χ1v) is 10.6. The molecule has 2 N–H and O–H groups in total. The number of likely N-dealkylation sites (tertiary alicyclic amines) is 1. The van der Waals surface area contributed by atoms with Crippen molar-refractivity contribution in [2.45, 2.75) is 17.7 Å². The number of carbonyl (C=O) groups is 2. The van der Waals surface area contributed by atoms with Crippen LogP contribution in [0.15, 0.2) is 41.3 Å². The van der Waals surface area contributed by atoms with Gasteiger partial charge in [0.1, 0.15) is 0 Å². The van der Waals surface area contributed by atoms with E-state index in [0.717, 1.165) is 22.2 Å². The van der Waals surface area contributed by atoms with Gasteiger partial charge in [-0.25, -0.2) is 0 Å². The predicted octanol–water partition coefficient (Wildman–Crippen LogP) is 3.33. The molecule has 3 heterocycles. The lowest BCUT2D eigenvalue weighted by molar-refractivity contribution is -0.123. The van der Waals surface area contributed by atoms with Gasteiger partial charge in [-0.2, -0.15) is 0 Å². The maximum atomic E-state index is 12.8. The molecule has 1 aromatic heterocycles. The summed E-state index contributed by atoms with van der Waals surface area (Å²) in [6.45, 7) is 2.14. The van der Waals surface area contributed by atoms with Crippen molar-refractivity contribution in [1.29, 1.82) is 0 Å². The molecule has 1 fully saturated rings. The van der Waals surface area contributed by atoms with Crippen molar-refractivity contribution in [3.8, 4) is 0 Å². The summed E-state index contributed by atoms with van der Waals surface area (Å²) in [5.41, 5.74) is 6.59. The lowest BCUT2D eigenvalue weighted by Gasteiger charge is -2.30. The zero-order valence-corrected chi connectivity index (χ0v) is 16.0. The van der Waals surface area contributed by atoms with Crippen LogP contribution in [0.3, 0.4) is 0 Å². The molecule has 0 unspecified atom stereocenters. The van der Waals surface area contributed by atoms with Crippen LogP contribution in [0.25, 0.3) is 0 Å². The van der Waals surface area contributed by atoms with E-state index in [2.05, 4.69) is 29.2 Å². The van der Waals surface area contributed by atoms with E-state index in [1.807, 2.05) is 28.8 Å². The summed E-state index contributed by atoms with van der Waals surface area (Å²) in [6, 6.07) is 12.4. The van der Waals surface area contributed by atoms with Gasteiger partial charge in [0, 0.05) is 36.2 Å². The molecule has 2 amide bonds. The number of primary amides is 1.